The summed E-state index contributed by atoms with van der Waals surface area (Å²) in [6.45, 7) is 0.257. The van der Waals surface area contributed by atoms with E-state index in [4.69, 9.17) is 10.5 Å². The van der Waals surface area contributed by atoms with Crippen LogP contribution in [0.1, 0.15) is 0 Å². The van der Waals surface area contributed by atoms with Crippen molar-refractivity contribution < 1.29 is 17.5 Å². The molecule has 0 aliphatic heterocycles. The van der Waals surface area contributed by atoms with Crippen molar-refractivity contribution in [3.63, 3.8) is 0 Å². The van der Waals surface area contributed by atoms with Gasteiger partial charge in [-0.1, -0.05) is 6.07 Å². The smallest absolute Gasteiger partial charge is 0.241 e. The Morgan fingerprint density at radius 1 is 1.53 bits per heavy atom. The predicted molar refractivity (Wildman–Crippen MR) is 61.4 cm³/mol. The standard InChI is InChI=1S/C10H15FN2O3S/c1-16-7-9(6-12)13-17(14,15)10-4-2-3-8(11)5-10/h2-5,9,13H,6-7,12H2,1H3. The SMILES string of the molecule is COCC(CN)NS(=O)(=O)c1cccc(F)c1. The molecular weight excluding hydrogens is 247 g/mol. The van der Waals surface area contributed by atoms with Crippen LogP contribution in [0.25, 0.3) is 0 Å². The maximum Gasteiger partial charge on any atom is 0.241 e. The number of hydrogen-bond donors (Lipinski definition) is 2. The van der Waals surface area contributed by atoms with E-state index >= 15 is 0 Å². The Balaban J connectivity index is 2.88. The maximum atomic E-state index is 12.9. The molecule has 1 rings (SSSR count). The van der Waals surface area contributed by atoms with Gasteiger partial charge in [0.25, 0.3) is 0 Å². The molecule has 0 fully saturated rings. The summed E-state index contributed by atoms with van der Waals surface area (Å²) in [5.41, 5.74) is 5.39. The van der Waals surface area contributed by atoms with E-state index in [0.29, 0.717) is 0 Å². The van der Waals surface area contributed by atoms with Crippen LogP contribution in [0.15, 0.2) is 29.2 Å². The second kappa shape index (κ2) is 6.06. The second-order valence-electron chi connectivity index (χ2n) is 3.47. The van der Waals surface area contributed by atoms with Gasteiger partial charge in [0.05, 0.1) is 17.5 Å². The average molecular weight is 262 g/mol. The first kappa shape index (κ1) is 14.0. The number of nitrogens with one attached hydrogen (secondary N) is 1. The molecule has 7 heteroatoms. The fraction of sp³-hybridized carbons (Fsp3) is 0.400. The summed E-state index contributed by atoms with van der Waals surface area (Å²) in [5, 5.41) is 0. The second-order valence-corrected chi connectivity index (χ2v) is 5.18. The number of halogens is 1. The molecule has 1 atom stereocenters. The molecule has 0 radical (unpaired) electrons. The zero-order valence-corrected chi connectivity index (χ0v) is 10.2. The van der Waals surface area contributed by atoms with Crippen LogP contribution in [-0.2, 0) is 14.8 Å². The van der Waals surface area contributed by atoms with Gasteiger partial charge in [0.15, 0.2) is 0 Å². The summed E-state index contributed by atoms with van der Waals surface area (Å²) in [4.78, 5) is -0.132. The Bertz CT molecular complexity index is 464. The van der Waals surface area contributed by atoms with Crippen molar-refractivity contribution in [2.24, 2.45) is 5.73 Å². The summed E-state index contributed by atoms with van der Waals surface area (Å²) in [6, 6.07) is 4.23. The fourth-order valence-corrected chi connectivity index (χ4v) is 2.54. The molecule has 0 saturated carbocycles. The molecule has 0 aliphatic carbocycles. The van der Waals surface area contributed by atoms with E-state index in [2.05, 4.69) is 4.72 Å². The van der Waals surface area contributed by atoms with Crippen LogP contribution in [0.3, 0.4) is 0 Å². The molecule has 0 bridgehead atoms. The molecule has 5 nitrogen and oxygen atoms in total. The monoisotopic (exact) mass is 262 g/mol. The van der Waals surface area contributed by atoms with Crippen molar-refractivity contribution in [3.05, 3.63) is 30.1 Å². The molecule has 0 saturated heterocycles. The third kappa shape index (κ3) is 4.04. The number of benzene rings is 1. The van der Waals surface area contributed by atoms with Gasteiger partial charge in [-0.3, -0.25) is 0 Å². The van der Waals surface area contributed by atoms with E-state index in [0.717, 1.165) is 6.07 Å². The highest BCUT2D eigenvalue weighted by Gasteiger charge is 2.19. The van der Waals surface area contributed by atoms with Crippen molar-refractivity contribution in [2.75, 3.05) is 20.3 Å². The number of sulfonamides is 1. The lowest BCUT2D eigenvalue weighted by atomic mass is 10.3. The van der Waals surface area contributed by atoms with Crippen molar-refractivity contribution in [1.29, 1.82) is 0 Å². The molecule has 0 heterocycles. The Morgan fingerprint density at radius 2 is 2.24 bits per heavy atom. The molecule has 0 amide bonds. The lowest BCUT2D eigenvalue weighted by Crippen LogP contribution is -2.43. The average Bonchev–Trinajstić information content (AvgIpc) is 2.28. The van der Waals surface area contributed by atoms with Crippen molar-refractivity contribution >= 4 is 10.0 Å². The highest BCUT2D eigenvalue weighted by molar-refractivity contribution is 7.89. The van der Waals surface area contributed by atoms with Gasteiger partial charge in [-0.15, -0.1) is 0 Å². The maximum absolute atomic E-state index is 12.9. The highest BCUT2D eigenvalue weighted by atomic mass is 32.2. The molecule has 0 aliphatic rings. The third-order valence-corrected chi connectivity index (χ3v) is 3.60. The molecular formula is C10H15FN2O3S. The number of nitrogens with two attached hydrogens (primary N) is 1. The van der Waals surface area contributed by atoms with Gasteiger partial charge in [0.2, 0.25) is 10.0 Å². The van der Waals surface area contributed by atoms with Crippen molar-refractivity contribution in [1.82, 2.24) is 4.72 Å². The van der Waals surface area contributed by atoms with Crippen LogP contribution >= 0.6 is 0 Å². The van der Waals surface area contributed by atoms with Crippen LogP contribution in [0.4, 0.5) is 4.39 Å². The number of hydrogen-bond acceptors (Lipinski definition) is 4. The summed E-state index contributed by atoms with van der Waals surface area (Å²) in [6.07, 6.45) is 0. The first-order valence-corrected chi connectivity index (χ1v) is 6.45. The number of ether oxygens (including phenoxy) is 1. The minimum Gasteiger partial charge on any atom is -0.383 e. The summed E-state index contributed by atoms with van der Waals surface area (Å²) >= 11 is 0. The molecule has 3 N–H and O–H groups in total. The topological polar surface area (TPSA) is 81.4 Å². The van der Waals surface area contributed by atoms with Gasteiger partial charge in [-0.05, 0) is 18.2 Å². The Kier molecular flexibility index (Phi) is 5.01. The first-order valence-electron chi connectivity index (χ1n) is 4.96. The van der Waals surface area contributed by atoms with E-state index in [9.17, 15) is 12.8 Å². The zero-order valence-electron chi connectivity index (χ0n) is 9.39. The summed E-state index contributed by atoms with van der Waals surface area (Å²) in [7, 11) is -2.32. The van der Waals surface area contributed by atoms with E-state index < -0.39 is 21.9 Å². The molecule has 1 unspecified atom stereocenters. The predicted octanol–water partition coefficient (Wildman–Crippen LogP) is 0.0777. The molecule has 1 aromatic carbocycles. The van der Waals surface area contributed by atoms with Crippen LogP contribution in [0.2, 0.25) is 0 Å². The van der Waals surface area contributed by atoms with Gasteiger partial charge in [-0.25, -0.2) is 17.5 Å². The van der Waals surface area contributed by atoms with Gasteiger partial charge in [-0.2, -0.15) is 0 Å². The fourth-order valence-electron chi connectivity index (χ4n) is 1.27. The molecule has 96 valence electrons. The lowest BCUT2D eigenvalue weighted by Gasteiger charge is -2.15. The zero-order chi connectivity index (χ0) is 12.9. The van der Waals surface area contributed by atoms with E-state index in [1.807, 2.05) is 0 Å². The van der Waals surface area contributed by atoms with Gasteiger partial charge < -0.3 is 10.5 Å². The molecule has 1 aromatic rings. The molecule has 0 aromatic heterocycles. The van der Waals surface area contributed by atoms with Crippen molar-refractivity contribution in [2.45, 2.75) is 10.9 Å². The van der Waals surface area contributed by atoms with E-state index in [-0.39, 0.29) is 18.0 Å². The van der Waals surface area contributed by atoms with Gasteiger partial charge in [0.1, 0.15) is 5.82 Å². The van der Waals surface area contributed by atoms with E-state index in [1.165, 1.54) is 25.3 Å². The Morgan fingerprint density at radius 3 is 2.76 bits per heavy atom. The third-order valence-electron chi connectivity index (χ3n) is 2.08. The highest BCUT2D eigenvalue weighted by Crippen LogP contribution is 2.10. The quantitative estimate of drug-likeness (QED) is 0.760. The molecule has 0 spiro atoms. The minimum atomic E-state index is -3.77. The normalized spacial score (nSPS) is 13.6. The number of methoxy groups -OCH3 is 1. The first-order chi connectivity index (χ1) is 7.99. The van der Waals surface area contributed by atoms with Crippen LogP contribution in [-0.4, -0.2) is 34.7 Å². The van der Waals surface area contributed by atoms with Gasteiger partial charge in [0, 0.05) is 13.7 Å². The Hall–Kier alpha value is -1.02. The Labute approximate surface area is 99.8 Å². The van der Waals surface area contributed by atoms with E-state index in [1.54, 1.807) is 0 Å². The lowest BCUT2D eigenvalue weighted by molar-refractivity contribution is 0.177. The van der Waals surface area contributed by atoms with Crippen LogP contribution in [0.5, 0.6) is 0 Å². The van der Waals surface area contributed by atoms with Gasteiger partial charge >= 0.3 is 0 Å². The minimum absolute atomic E-state index is 0.0996. The van der Waals surface area contributed by atoms with Crippen LogP contribution < -0.4 is 10.5 Å². The number of rotatable bonds is 6. The summed E-state index contributed by atoms with van der Waals surface area (Å²) in [5.74, 6) is -0.607. The molecule has 17 heavy (non-hydrogen) atoms. The van der Waals surface area contributed by atoms with Crippen LogP contribution in [0, 0.1) is 5.82 Å². The van der Waals surface area contributed by atoms with Crippen molar-refractivity contribution in [3.8, 4) is 0 Å². The summed E-state index contributed by atoms with van der Waals surface area (Å²) < 4.78 is 43.8. The largest absolute Gasteiger partial charge is 0.383 e.